The number of carboxylic acid groups (broad SMARTS) is 1. The van der Waals surface area contributed by atoms with Gasteiger partial charge >= 0.3 is 6.09 Å². The zero-order chi connectivity index (χ0) is 10.1. The summed E-state index contributed by atoms with van der Waals surface area (Å²) in [6.45, 7) is 6.03. The lowest BCUT2D eigenvalue weighted by Gasteiger charge is -2.50. The summed E-state index contributed by atoms with van der Waals surface area (Å²) >= 11 is 0. The van der Waals surface area contributed by atoms with Gasteiger partial charge in [0.25, 0.3) is 0 Å². The van der Waals surface area contributed by atoms with Crippen LogP contribution in [0.1, 0.15) is 6.92 Å². The van der Waals surface area contributed by atoms with Crippen LogP contribution in [0.4, 0.5) is 4.79 Å². The molecule has 2 saturated heterocycles. The number of carbonyl (C=O) groups is 1. The molecular weight excluding hydrogens is 184 g/mol. The monoisotopic (exact) mass is 200 g/mol. The van der Waals surface area contributed by atoms with Gasteiger partial charge in [-0.2, -0.15) is 0 Å². The van der Waals surface area contributed by atoms with E-state index in [1.54, 1.807) is 0 Å². The molecule has 2 heterocycles. The van der Waals surface area contributed by atoms with Crippen molar-refractivity contribution >= 4 is 6.09 Å². The Kier molecular flexibility index (Phi) is 2.60. The highest BCUT2D eigenvalue weighted by Gasteiger charge is 2.42. The van der Waals surface area contributed by atoms with Crippen molar-refractivity contribution in [3.05, 3.63) is 0 Å². The van der Waals surface area contributed by atoms with E-state index in [9.17, 15) is 4.79 Å². The van der Waals surface area contributed by atoms with E-state index < -0.39 is 6.09 Å². The number of morpholine rings is 1. The summed E-state index contributed by atoms with van der Waals surface area (Å²) in [7, 11) is 0. The molecule has 2 rings (SSSR count). The molecule has 1 N–H and O–H groups in total. The third kappa shape index (κ3) is 1.57. The van der Waals surface area contributed by atoms with Crippen LogP contribution in [-0.2, 0) is 4.74 Å². The summed E-state index contributed by atoms with van der Waals surface area (Å²) in [6.07, 6.45) is -0.804. The maximum absolute atomic E-state index is 10.7. The second-order valence-corrected chi connectivity index (χ2v) is 3.89. The standard InChI is InChI=1S/C9H16N2O3/c1-7-8(6-11(7)9(12)13)10-2-4-14-5-3-10/h7-8H,2-6H2,1H3,(H,12,13)/t7-,8-/m1/s1. The van der Waals surface area contributed by atoms with Crippen molar-refractivity contribution in [2.24, 2.45) is 0 Å². The molecule has 80 valence electrons. The normalized spacial score (nSPS) is 33.9. The SMILES string of the molecule is C[C@@H]1[C@H](N2CCOCC2)CN1C(=O)O. The average Bonchev–Trinajstić information content (AvgIpc) is 2.17. The van der Waals surface area contributed by atoms with E-state index in [1.165, 1.54) is 4.90 Å². The molecule has 0 spiro atoms. The van der Waals surface area contributed by atoms with Gasteiger partial charge in [0.15, 0.2) is 0 Å². The van der Waals surface area contributed by atoms with Crippen molar-refractivity contribution in [1.82, 2.24) is 9.80 Å². The van der Waals surface area contributed by atoms with Crippen LogP contribution in [-0.4, -0.2) is 65.9 Å². The minimum absolute atomic E-state index is 0.130. The van der Waals surface area contributed by atoms with Gasteiger partial charge in [-0.25, -0.2) is 4.79 Å². The zero-order valence-corrected chi connectivity index (χ0v) is 8.35. The first-order chi connectivity index (χ1) is 6.70. The van der Waals surface area contributed by atoms with Crippen molar-refractivity contribution in [2.45, 2.75) is 19.0 Å². The second-order valence-electron chi connectivity index (χ2n) is 3.89. The number of likely N-dealkylation sites (tertiary alicyclic amines) is 1. The van der Waals surface area contributed by atoms with Gasteiger partial charge in [-0.05, 0) is 6.92 Å². The third-order valence-electron chi connectivity index (χ3n) is 3.19. The lowest BCUT2D eigenvalue weighted by molar-refractivity contribution is -0.0529. The Labute approximate surface area is 83.2 Å². The highest BCUT2D eigenvalue weighted by atomic mass is 16.5. The molecule has 2 aliphatic rings. The molecular formula is C9H16N2O3. The molecule has 0 aromatic carbocycles. The van der Waals surface area contributed by atoms with E-state index in [4.69, 9.17) is 9.84 Å². The largest absolute Gasteiger partial charge is 0.465 e. The van der Waals surface area contributed by atoms with Crippen molar-refractivity contribution < 1.29 is 14.6 Å². The predicted molar refractivity (Wildman–Crippen MR) is 50.4 cm³/mol. The van der Waals surface area contributed by atoms with Crippen molar-refractivity contribution in [3.63, 3.8) is 0 Å². The molecule has 1 amide bonds. The maximum atomic E-state index is 10.7. The Bertz CT molecular complexity index is 228. The van der Waals surface area contributed by atoms with Gasteiger partial charge in [-0.15, -0.1) is 0 Å². The van der Waals surface area contributed by atoms with Crippen LogP contribution < -0.4 is 0 Å². The van der Waals surface area contributed by atoms with Gasteiger partial charge in [-0.3, -0.25) is 4.90 Å². The first kappa shape index (κ1) is 9.73. The van der Waals surface area contributed by atoms with Crippen molar-refractivity contribution in [3.8, 4) is 0 Å². The highest BCUT2D eigenvalue weighted by Crippen LogP contribution is 2.23. The molecule has 0 aromatic heterocycles. The molecule has 0 saturated carbocycles. The molecule has 0 bridgehead atoms. The molecule has 2 fully saturated rings. The Morgan fingerprint density at radius 1 is 1.43 bits per heavy atom. The highest BCUT2D eigenvalue weighted by molar-refractivity contribution is 5.67. The minimum atomic E-state index is -0.804. The van der Waals surface area contributed by atoms with Crippen LogP contribution in [0.2, 0.25) is 0 Å². The Morgan fingerprint density at radius 2 is 2.07 bits per heavy atom. The van der Waals surface area contributed by atoms with Crippen LogP contribution in [0.15, 0.2) is 0 Å². The van der Waals surface area contributed by atoms with Crippen LogP contribution in [0, 0.1) is 0 Å². The molecule has 0 unspecified atom stereocenters. The number of rotatable bonds is 1. The fourth-order valence-electron chi connectivity index (χ4n) is 2.17. The number of amides is 1. The topological polar surface area (TPSA) is 53.0 Å². The number of hydrogen-bond acceptors (Lipinski definition) is 3. The maximum Gasteiger partial charge on any atom is 0.407 e. The first-order valence-electron chi connectivity index (χ1n) is 5.01. The summed E-state index contributed by atoms with van der Waals surface area (Å²) in [5.74, 6) is 0. The molecule has 14 heavy (non-hydrogen) atoms. The molecule has 2 atom stereocenters. The van der Waals surface area contributed by atoms with E-state index >= 15 is 0 Å². The zero-order valence-electron chi connectivity index (χ0n) is 8.35. The van der Waals surface area contributed by atoms with E-state index in [0.717, 1.165) is 26.3 Å². The quantitative estimate of drug-likeness (QED) is 0.650. The third-order valence-corrected chi connectivity index (χ3v) is 3.19. The summed E-state index contributed by atoms with van der Waals surface area (Å²) < 4.78 is 5.26. The van der Waals surface area contributed by atoms with E-state index in [0.29, 0.717) is 12.6 Å². The lowest BCUT2D eigenvalue weighted by Crippen LogP contribution is -2.68. The molecule has 2 aliphatic heterocycles. The van der Waals surface area contributed by atoms with E-state index in [2.05, 4.69) is 4.90 Å². The Balaban J connectivity index is 1.86. The smallest absolute Gasteiger partial charge is 0.407 e. The van der Waals surface area contributed by atoms with E-state index in [1.807, 2.05) is 6.92 Å². The summed E-state index contributed by atoms with van der Waals surface area (Å²) in [6, 6.07) is 0.528. The summed E-state index contributed by atoms with van der Waals surface area (Å²) in [5.41, 5.74) is 0. The van der Waals surface area contributed by atoms with E-state index in [-0.39, 0.29) is 6.04 Å². The fraction of sp³-hybridized carbons (Fsp3) is 0.889. The molecule has 5 heteroatoms. The predicted octanol–water partition coefficient (Wildman–Crippen LogP) is 0.0693. The fourth-order valence-corrected chi connectivity index (χ4v) is 2.17. The van der Waals surface area contributed by atoms with Crippen LogP contribution in [0.3, 0.4) is 0 Å². The van der Waals surface area contributed by atoms with Gasteiger partial charge in [0, 0.05) is 31.7 Å². The van der Waals surface area contributed by atoms with Crippen LogP contribution in [0.25, 0.3) is 0 Å². The van der Waals surface area contributed by atoms with Crippen LogP contribution >= 0.6 is 0 Å². The molecule has 0 aromatic rings. The Hall–Kier alpha value is -0.810. The molecule has 0 aliphatic carbocycles. The van der Waals surface area contributed by atoms with Crippen LogP contribution in [0.5, 0.6) is 0 Å². The van der Waals surface area contributed by atoms with Gasteiger partial charge in [0.2, 0.25) is 0 Å². The van der Waals surface area contributed by atoms with Crippen molar-refractivity contribution in [2.75, 3.05) is 32.8 Å². The van der Waals surface area contributed by atoms with Gasteiger partial charge < -0.3 is 14.7 Å². The van der Waals surface area contributed by atoms with Crippen molar-refractivity contribution in [1.29, 1.82) is 0 Å². The number of hydrogen-bond donors (Lipinski definition) is 1. The number of ether oxygens (including phenoxy) is 1. The second kappa shape index (κ2) is 3.74. The van der Waals surface area contributed by atoms with Gasteiger partial charge in [0.1, 0.15) is 0 Å². The first-order valence-corrected chi connectivity index (χ1v) is 5.01. The summed E-state index contributed by atoms with van der Waals surface area (Å²) in [4.78, 5) is 14.5. The minimum Gasteiger partial charge on any atom is -0.465 e. The van der Waals surface area contributed by atoms with Gasteiger partial charge in [-0.1, -0.05) is 0 Å². The van der Waals surface area contributed by atoms with Gasteiger partial charge in [0.05, 0.1) is 13.2 Å². The molecule has 0 radical (unpaired) electrons. The molecule has 5 nitrogen and oxygen atoms in total. The summed E-state index contributed by atoms with van der Waals surface area (Å²) in [5, 5.41) is 8.80. The average molecular weight is 200 g/mol. The Morgan fingerprint density at radius 3 is 2.57 bits per heavy atom. The number of nitrogens with zero attached hydrogens (tertiary/aromatic N) is 2. The lowest BCUT2D eigenvalue weighted by atomic mass is 9.97.